The zero-order valence-corrected chi connectivity index (χ0v) is 19.0. The summed E-state index contributed by atoms with van der Waals surface area (Å²) < 4.78 is 34.6. The normalized spacial score (nSPS) is 16.7. The molecule has 0 amide bonds. The van der Waals surface area contributed by atoms with Gasteiger partial charge in [0.15, 0.2) is 11.5 Å². The minimum Gasteiger partial charge on any atom is -0.493 e. The van der Waals surface area contributed by atoms with Crippen molar-refractivity contribution in [3.63, 3.8) is 0 Å². The predicted molar refractivity (Wildman–Crippen MR) is 118 cm³/mol. The van der Waals surface area contributed by atoms with Gasteiger partial charge in [-0.15, -0.1) is 0 Å². The molecule has 0 radical (unpaired) electrons. The second-order valence-corrected chi connectivity index (χ2v) is 8.78. The van der Waals surface area contributed by atoms with E-state index in [-0.39, 0.29) is 0 Å². The SMILES string of the molecule is CCOP(=O)(/C=C1\CCCN(c2ncnc3cc(OC)c(OC)cc23)CC1)OCC. The molecule has 3 rings (SSSR count). The molecule has 1 fully saturated rings. The van der Waals surface area contributed by atoms with Crippen molar-refractivity contribution in [1.82, 2.24) is 9.97 Å². The second-order valence-electron chi connectivity index (χ2n) is 6.92. The number of ether oxygens (including phenoxy) is 2. The molecule has 0 atom stereocenters. The number of aromatic nitrogens is 2. The van der Waals surface area contributed by atoms with Gasteiger partial charge in [-0.2, -0.15) is 0 Å². The number of nitrogens with zero attached hydrogens (tertiary/aromatic N) is 3. The summed E-state index contributed by atoms with van der Waals surface area (Å²) in [5.41, 5.74) is 1.90. The quantitative estimate of drug-likeness (QED) is 0.548. The van der Waals surface area contributed by atoms with Crippen molar-refractivity contribution in [2.75, 3.05) is 45.4 Å². The van der Waals surface area contributed by atoms with Gasteiger partial charge < -0.3 is 23.4 Å². The molecular weight excluding hydrogens is 405 g/mol. The molecule has 2 aromatic rings. The van der Waals surface area contributed by atoms with Gasteiger partial charge in [0.25, 0.3) is 0 Å². The van der Waals surface area contributed by atoms with Crippen molar-refractivity contribution in [1.29, 1.82) is 0 Å². The van der Waals surface area contributed by atoms with E-state index in [1.54, 1.807) is 26.4 Å². The average Bonchev–Trinajstić information content (AvgIpc) is 2.97. The lowest BCUT2D eigenvalue weighted by atomic mass is 10.1. The number of methoxy groups -OCH3 is 2. The van der Waals surface area contributed by atoms with Crippen molar-refractivity contribution >= 4 is 24.3 Å². The predicted octanol–water partition coefficient (Wildman–Crippen LogP) is 4.79. The molecule has 1 aromatic carbocycles. The summed E-state index contributed by atoms with van der Waals surface area (Å²) in [7, 11) is 0.0306. The summed E-state index contributed by atoms with van der Waals surface area (Å²) in [5.74, 6) is 3.86. The maximum absolute atomic E-state index is 12.9. The molecule has 8 nitrogen and oxygen atoms in total. The molecule has 1 saturated heterocycles. The lowest BCUT2D eigenvalue weighted by Crippen LogP contribution is -2.25. The van der Waals surface area contributed by atoms with Crippen LogP contribution >= 0.6 is 7.60 Å². The Morgan fingerprint density at radius 3 is 2.40 bits per heavy atom. The van der Waals surface area contributed by atoms with Crippen molar-refractivity contribution in [2.24, 2.45) is 0 Å². The third-order valence-corrected chi connectivity index (χ3v) is 6.92. The molecular formula is C21H30N3O5P. The molecule has 0 unspecified atom stereocenters. The van der Waals surface area contributed by atoms with Crippen LogP contribution in [0.15, 0.2) is 29.9 Å². The highest BCUT2D eigenvalue weighted by atomic mass is 31.2. The minimum absolute atomic E-state index is 0.353. The Balaban J connectivity index is 1.87. The van der Waals surface area contributed by atoms with Crippen LogP contribution in [0.1, 0.15) is 33.1 Å². The fourth-order valence-corrected chi connectivity index (χ4v) is 5.32. The Bertz CT molecular complexity index is 940. The summed E-state index contributed by atoms with van der Waals surface area (Å²) in [4.78, 5) is 11.2. The highest BCUT2D eigenvalue weighted by Gasteiger charge is 2.24. The van der Waals surface area contributed by atoms with Gasteiger partial charge in [-0.3, -0.25) is 4.57 Å². The first kappa shape index (κ1) is 22.5. The summed E-state index contributed by atoms with van der Waals surface area (Å²) >= 11 is 0. The van der Waals surface area contributed by atoms with Crippen LogP contribution in [-0.2, 0) is 13.6 Å². The number of hydrogen-bond acceptors (Lipinski definition) is 8. The lowest BCUT2D eigenvalue weighted by molar-refractivity contribution is 0.228. The fraction of sp³-hybridized carbons (Fsp3) is 0.524. The maximum atomic E-state index is 12.9. The van der Waals surface area contributed by atoms with Crippen LogP contribution in [0.4, 0.5) is 5.82 Å². The van der Waals surface area contributed by atoms with E-state index in [2.05, 4.69) is 14.9 Å². The van der Waals surface area contributed by atoms with E-state index >= 15 is 0 Å². The smallest absolute Gasteiger partial charge is 0.354 e. The van der Waals surface area contributed by atoms with Gasteiger partial charge in [0.2, 0.25) is 0 Å². The van der Waals surface area contributed by atoms with Crippen LogP contribution in [-0.4, -0.2) is 50.5 Å². The third kappa shape index (κ3) is 5.12. The number of fused-ring (bicyclic) bond motifs is 1. The second kappa shape index (κ2) is 10.2. The number of anilines is 1. The van der Waals surface area contributed by atoms with E-state index in [1.165, 1.54) is 0 Å². The van der Waals surface area contributed by atoms with Gasteiger partial charge in [0, 0.05) is 30.4 Å². The Labute approximate surface area is 177 Å². The van der Waals surface area contributed by atoms with Crippen molar-refractivity contribution in [3.05, 3.63) is 29.9 Å². The molecule has 1 aliphatic rings. The van der Waals surface area contributed by atoms with Gasteiger partial charge in [-0.1, -0.05) is 5.57 Å². The summed E-state index contributed by atoms with van der Waals surface area (Å²) in [6.45, 7) is 5.94. The van der Waals surface area contributed by atoms with E-state index < -0.39 is 7.60 Å². The molecule has 9 heteroatoms. The van der Waals surface area contributed by atoms with Crippen LogP contribution in [0.3, 0.4) is 0 Å². The van der Waals surface area contributed by atoms with E-state index in [0.29, 0.717) is 24.7 Å². The molecule has 0 aliphatic carbocycles. The van der Waals surface area contributed by atoms with Crippen molar-refractivity contribution < 1.29 is 23.1 Å². The van der Waals surface area contributed by atoms with Crippen molar-refractivity contribution in [3.8, 4) is 11.5 Å². The number of hydrogen-bond donors (Lipinski definition) is 0. The third-order valence-electron chi connectivity index (χ3n) is 5.01. The zero-order valence-electron chi connectivity index (χ0n) is 18.1. The standard InChI is InChI=1S/C21H30N3O5P/c1-5-28-30(25,29-6-2)14-16-8-7-10-24(11-9-16)21-17-12-19(26-3)20(27-4)13-18(17)22-15-23-21/h12-15H,5-11H2,1-4H3/b16-14+. The molecule has 0 spiro atoms. The Morgan fingerprint density at radius 2 is 1.73 bits per heavy atom. The van der Waals surface area contributed by atoms with E-state index in [1.807, 2.05) is 26.0 Å². The first-order chi connectivity index (χ1) is 14.5. The average molecular weight is 435 g/mol. The Hall–Kier alpha value is -2.15. The monoisotopic (exact) mass is 435 g/mol. The summed E-state index contributed by atoms with van der Waals surface area (Å²) in [5, 5.41) is 0.914. The molecule has 1 aromatic heterocycles. The molecule has 30 heavy (non-hydrogen) atoms. The topological polar surface area (TPSA) is 83.0 Å². The zero-order chi connectivity index (χ0) is 21.6. The largest absolute Gasteiger partial charge is 0.493 e. The Morgan fingerprint density at radius 1 is 1.03 bits per heavy atom. The van der Waals surface area contributed by atoms with Gasteiger partial charge in [-0.05, 0) is 39.2 Å². The molecule has 0 saturated carbocycles. The van der Waals surface area contributed by atoms with E-state index in [9.17, 15) is 4.57 Å². The summed E-state index contributed by atoms with van der Waals surface area (Å²) in [6, 6.07) is 3.78. The van der Waals surface area contributed by atoms with E-state index in [4.69, 9.17) is 18.5 Å². The maximum Gasteiger partial charge on any atom is 0.354 e. The molecule has 164 valence electrons. The van der Waals surface area contributed by atoms with Crippen LogP contribution in [0.2, 0.25) is 0 Å². The molecule has 0 bridgehead atoms. The molecule has 0 N–H and O–H groups in total. The highest BCUT2D eigenvalue weighted by molar-refractivity contribution is 7.57. The molecule has 2 heterocycles. The van der Waals surface area contributed by atoms with Crippen molar-refractivity contribution in [2.45, 2.75) is 33.1 Å². The lowest BCUT2D eigenvalue weighted by Gasteiger charge is -2.23. The number of benzene rings is 1. The summed E-state index contributed by atoms with van der Waals surface area (Å²) in [6.07, 6.45) is 4.11. The van der Waals surface area contributed by atoms with Crippen LogP contribution in [0, 0.1) is 0 Å². The van der Waals surface area contributed by atoms with Gasteiger partial charge >= 0.3 is 7.60 Å². The first-order valence-corrected chi connectivity index (χ1v) is 11.9. The molecule has 1 aliphatic heterocycles. The van der Waals surface area contributed by atoms with E-state index in [0.717, 1.165) is 54.6 Å². The van der Waals surface area contributed by atoms with Gasteiger partial charge in [-0.25, -0.2) is 9.97 Å². The minimum atomic E-state index is -3.19. The number of rotatable bonds is 8. The van der Waals surface area contributed by atoms with Gasteiger partial charge in [0.1, 0.15) is 12.1 Å². The van der Waals surface area contributed by atoms with Crippen LogP contribution in [0.5, 0.6) is 11.5 Å². The first-order valence-electron chi connectivity index (χ1n) is 10.2. The van der Waals surface area contributed by atoms with Gasteiger partial charge in [0.05, 0.1) is 33.0 Å². The highest BCUT2D eigenvalue weighted by Crippen LogP contribution is 2.51. The fourth-order valence-electron chi connectivity index (χ4n) is 3.67. The van der Waals surface area contributed by atoms with Crippen LogP contribution < -0.4 is 14.4 Å². The van der Waals surface area contributed by atoms with Crippen LogP contribution in [0.25, 0.3) is 10.9 Å². The Kier molecular flexibility index (Phi) is 7.69.